The van der Waals surface area contributed by atoms with Crippen molar-refractivity contribution in [3.63, 3.8) is 0 Å². The van der Waals surface area contributed by atoms with E-state index in [2.05, 4.69) is 16.5 Å². The lowest BCUT2D eigenvalue weighted by Gasteiger charge is -2.26. The number of hydrogen-bond acceptors (Lipinski definition) is 6. The first-order valence-corrected chi connectivity index (χ1v) is 7.75. The summed E-state index contributed by atoms with van der Waals surface area (Å²) in [6.07, 6.45) is 1.92. The van der Waals surface area contributed by atoms with Crippen molar-refractivity contribution in [2.75, 3.05) is 27.2 Å². The summed E-state index contributed by atoms with van der Waals surface area (Å²) in [4.78, 5) is 17.1. The smallest absolute Gasteiger partial charge is 0.267 e. The summed E-state index contributed by atoms with van der Waals surface area (Å²) in [7, 11) is 3.95. The van der Waals surface area contributed by atoms with Crippen molar-refractivity contribution in [1.29, 1.82) is 0 Å². The van der Waals surface area contributed by atoms with Crippen LogP contribution < -0.4 is 0 Å². The Labute approximate surface area is 123 Å². The fourth-order valence-corrected chi connectivity index (χ4v) is 3.30. The van der Waals surface area contributed by atoms with Gasteiger partial charge in [0.25, 0.3) is 5.91 Å². The van der Waals surface area contributed by atoms with Crippen LogP contribution in [0, 0.1) is 0 Å². The maximum Gasteiger partial charge on any atom is 0.267 e. The molecule has 2 heterocycles. The first-order chi connectivity index (χ1) is 9.52. The van der Waals surface area contributed by atoms with Crippen LogP contribution in [0.15, 0.2) is 0 Å². The Morgan fingerprint density at radius 3 is 2.95 bits per heavy atom. The third kappa shape index (κ3) is 3.34. The highest BCUT2D eigenvalue weighted by atomic mass is 32.1. The van der Waals surface area contributed by atoms with Crippen molar-refractivity contribution in [2.45, 2.75) is 38.3 Å². The first kappa shape index (κ1) is 15.3. The number of hydrogen-bond donors (Lipinski definition) is 1. The van der Waals surface area contributed by atoms with Gasteiger partial charge in [0.1, 0.15) is 4.88 Å². The lowest BCUT2D eigenvalue weighted by atomic mass is 10.2. The maximum absolute atomic E-state index is 12.7. The summed E-state index contributed by atoms with van der Waals surface area (Å²) in [6, 6.07) is 0.0593. The number of likely N-dealkylation sites (N-methyl/N-ethyl adjacent to an activating group) is 1. The molecular weight excluding hydrogens is 276 g/mol. The zero-order chi connectivity index (χ0) is 14.7. The average molecular weight is 298 g/mol. The largest absolute Gasteiger partial charge is 0.391 e. The number of aryl methyl sites for hydroxylation is 1. The van der Waals surface area contributed by atoms with Gasteiger partial charge in [-0.3, -0.25) is 4.79 Å². The highest BCUT2D eigenvalue weighted by Gasteiger charge is 2.36. The summed E-state index contributed by atoms with van der Waals surface area (Å²) in [5.74, 6) is -0.0353. The zero-order valence-electron chi connectivity index (χ0n) is 12.2. The molecule has 1 saturated heterocycles. The highest BCUT2D eigenvalue weighted by Crippen LogP contribution is 2.24. The summed E-state index contributed by atoms with van der Waals surface area (Å²) in [5.41, 5.74) is 0.785. The molecule has 0 radical (unpaired) electrons. The van der Waals surface area contributed by atoms with Crippen LogP contribution >= 0.6 is 11.5 Å². The number of aromatic nitrogens is 2. The van der Waals surface area contributed by atoms with Crippen molar-refractivity contribution >= 4 is 17.4 Å². The van der Waals surface area contributed by atoms with Gasteiger partial charge in [0, 0.05) is 19.1 Å². The van der Waals surface area contributed by atoms with E-state index in [-0.39, 0.29) is 11.9 Å². The van der Waals surface area contributed by atoms with E-state index < -0.39 is 6.10 Å². The molecule has 0 saturated carbocycles. The number of carbonyl (C=O) groups excluding carboxylic acids is 1. The van der Waals surface area contributed by atoms with Crippen molar-refractivity contribution in [3.8, 4) is 0 Å². The van der Waals surface area contributed by atoms with E-state index in [9.17, 15) is 9.90 Å². The number of aliphatic hydroxyl groups excluding tert-OH is 1. The molecule has 1 fully saturated rings. The lowest BCUT2D eigenvalue weighted by Crippen LogP contribution is -2.41. The Kier molecular flexibility index (Phi) is 5.06. The normalized spacial score (nSPS) is 22.8. The number of nitrogens with zero attached hydrogens (tertiary/aromatic N) is 4. The van der Waals surface area contributed by atoms with E-state index in [1.165, 1.54) is 0 Å². The van der Waals surface area contributed by atoms with Crippen LogP contribution in [0.5, 0.6) is 0 Å². The molecule has 0 bridgehead atoms. The third-order valence-corrected chi connectivity index (χ3v) is 4.22. The van der Waals surface area contributed by atoms with Crippen LogP contribution in [0.4, 0.5) is 0 Å². The SMILES string of the molecule is CCCc1nnsc1C(=O)N1CC(O)CC1CN(C)C. The molecule has 1 aliphatic heterocycles. The summed E-state index contributed by atoms with van der Waals surface area (Å²) < 4.78 is 3.91. The van der Waals surface area contributed by atoms with E-state index in [0.717, 1.165) is 36.6 Å². The second-order valence-electron chi connectivity index (χ2n) is 5.56. The molecule has 0 aliphatic carbocycles. The van der Waals surface area contributed by atoms with Crippen LogP contribution in [0.3, 0.4) is 0 Å². The van der Waals surface area contributed by atoms with Crippen LogP contribution in [-0.2, 0) is 6.42 Å². The van der Waals surface area contributed by atoms with Crippen LogP contribution in [0.1, 0.15) is 35.1 Å². The predicted molar refractivity (Wildman–Crippen MR) is 77.9 cm³/mol. The molecule has 1 aromatic heterocycles. The van der Waals surface area contributed by atoms with Gasteiger partial charge in [-0.25, -0.2) is 0 Å². The van der Waals surface area contributed by atoms with Gasteiger partial charge in [-0.1, -0.05) is 17.8 Å². The third-order valence-electron chi connectivity index (χ3n) is 3.47. The van der Waals surface area contributed by atoms with Gasteiger partial charge >= 0.3 is 0 Å². The minimum absolute atomic E-state index is 0.0353. The van der Waals surface area contributed by atoms with Crippen LogP contribution in [-0.4, -0.2) is 69.7 Å². The minimum Gasteiger partial charge on any atom is -0.391 e. The van der Waals surface area contributed by atoms with Gasteiger partial charge in [-0.2, -0.15) is 0 Å². The van der Waals surface area contributed by atoms with Crippen molar-refractivity contribution in [1.82, 2.24) is 19.4 Å². The van der Waals surface area contributed by atoms with Gasteiger partial charge in [0.15, 0.2) is 0 Å². The van der Waals surface area contributed by atoms with Crippen LogP contribution in [0.2, 0.25) is 0 Å². The number of carbonyl (C=O) groups is 1. The minimum atomic E-state index is -0.431. The van der Waals surface area contributed by atoms with Gasteiger partial charge in [-0.05, 0) is 38.5 Å². The number of rotatable bonds is 5. The van der Waals surface area contributed by atoms with E-state index >= 15 is 0 Å². The van der Waals surface area contributed by atoms with Gasteiger partial charge in [-0.15, -0.1) is 5.10 Å². The van der Waals surface area contributed by atoms with E-state index in [1.807, 2.05) is 19.0 Å². The molecule has 0 aromatic carbocycles. The van der Waals surface area contributed by atoms with Crippen molar-refractivity contribution in [3.05, 3.63) is 10.6 Å². The van der Waals surface area contributed by atoms with Crippen molar-refractivity contribution < 1.29 is 9.90 Å². The second-order valence-corrected chi connectivity index (χ2v) is 6.32. The number of β-amino-alcohol motifs (C(OH)–C–C–N with tert-alkyl or cyclic N) is 1. The Morgan fingerprint density at radius 2 is 2.30 bits per heavy atom. The zero-order valence-corrected chi connectivity index (χ0v) is 13.1. The molecule has 7 heteroatoms. The molecule has 1 aliphatic rings. The Morgan fingerprint density at radius 1 is 1.55 bits per heavy atom. The van der Waals surface area contributed by atoms with E-state index in [0.29, 0.717) is 17.8 Å². The topological polar surface area (TPSA) is 69.6 Å². The number of likely N-dealkylation sites (tertiary alicyclic amines) is 1. The maximum atomic E-state index is 12.7. The monoisotopic (exact) mass is 298 g/mol. The van der Waals surface area contributed by atoms with Gasteiger partial charge < -0.3 is 14.9 Å². The molecule has 1 amide bonds. The predicted octanol–water partition coefficient (Wildman–Crippen LogP) is 0.628. The quantitative estimate of drug-likeness (QED) is 0.863. The molecule has 1 N–H and O–H groups in total. The Hall–Kier alpha value is -1.05. The summed E-state index contributed by atoms with van der Waals surface area (Å²) in [5, 5.41) is 13.9. The first-order valence-electron chi connectivity index (χ1n) is 6.97. The standard InChI is InChI=1S/C13H22N4O2S/c1-4-5-11-12(20-15-14-11)13(19)17-8-10(18)6-9(17)7-16(2)3/h9-10,18H,4-8H2,1-3H3. The lowest BCUT2D eigenvalue weighted by molar-refractivity contribution is 0.0702. The highest BCUT2D eigenvalue weighted by molar-refractivity contribution is 7.08. The molecule has 2 rings (SSSR count). The van der Waals surface area contributed by atoms with E-state index in [1.54, 1.807) is 4.90 Å². The molecule has 2 atom stereocenters. The molecule has 112 valence electrons. The molecule has 2 unspecified atom stereocenters. The van der Waals surface area contributed by atoms with Crippen LogP contribution in [0.25, 0.3) is 0 Å². The number of aliphatic hydroxyl groups is 1. The van der Waals surface area contributed by atoms with E-state index in [4.69, 9.17) is 0 Å². The molecule has 1 aromatic rings. The summed E-state index contributed by atoms with van der Waals surface area (Å²) in [6.45, 7) is 3.22. The Balaban J connectivity index is 2.15. The van der Waals surface area contributed by atoms with Crippen molar-refractivity contribution in [2.24, 2.45) is 0 Å². The van der Waals surface area contributed by atoms with Gasteiger partial charge in [0.2, 0.25) is 0 Å². The van der Waals surface area contributed by atoms with Gasteiger partial charge in [0.05, 0.1) is 11.8 Å². The molecule has 6 nitrogen and oxygen atoms in total. The molecule has 20 heavy (non-hydrogen) atoms. The molecule has 0 spiro atoms. The average Bonchev–Trinajstić information content (AvgIpc) is 2.95. The fraction of sp³-hybridized carbons (Fsp3) is 0.769. The fourth-order valence-electron chi connectivity index (χ4n) is 2.64. The molecular formula is C13H22N4O2S. The second kappa shape index (κ2) is 6.60. The summed E-state index contributed by atoms with van der Waals surface area (Å²) >= 11 is 1.16. The number of amides is 1. The Bertz CT molecular complexity index is 463.